The van der Waals surface area contributed by atoms with E-state index in [2.05, 4.69) is 35.5 Å². The second-order valence-corrected chi connectivity index (χ2v) is 5.82. The number of amides is 2. The number of hydrogen-bond acceptors (Lipinski definition) is 1. The van der Waals surface area contributed by atoms with Crippen molar-refractivity contribution in [3.8, 4) is 11.8 Å². The van der Waals surface area contributed by atoms with Crippen LogP contribution in [-0.2, 0) is 0 Å². The van der Waals surface area contributed by atoms with E-state index in [4.69, 9.17) is 0 Å². The fraction of sp³-hybridized carbons (Fsp3) is 0.190. The first-order valence-electron chi connectivity index (χ1n) is 8.15. The largest absolute Gasteiger partial charge is 0.323 e. The molecule has 0 saturated carbocycles. The monoisotopic (exact) mass is 316 g/mol. The van der Waals surface area contributed by atoms with Gasteiger partial charge >= 0.3 is 6.03 Å². The molecule has 1 aliphatic carbocycles. The van der Waals surface area contributed by atoms with Crippen LogP contribution in [0.4, 0.5) is 10.5 Å². The molecule has 3 heteroatoms. The molecular weight excluding hydrogens is 296 g/mol. The summed E-state index contributed by atoms with van der Waals surface area (Å²) in [5.41, 5.74) is 4.94. The second kappa shape index (κ2) is 7.52. The minimum atomic E-state index is -0.215. The van der Waals surface area contributed by atoms with E-state index in [1.165, 1.54) is 5.56 Å². The van der Waals surface area contributed by atoms with E-state index < -0.39 is 0 Å². The highest BCUT2D eigenvalue weighted by molar-refractivity contribution is 5.90. The van der Waals surface area contributed by atoms with Gasteiger partial charge in [0.15, 0.2) is 0 Å². The highest BCUT2D eigenvalue weighted by atomic mass is 16.2. The van der Waals surface area contributed by atoms with Crippen LogP contribution in [0.25, 0.3) is 0 Å². The average Bonchev–Trinajstić information content (AvgIpc) is 3.02. The van der Waals surface area contributed by atoms with Crippen LogP contribution in [-0.4, -0.2) is 6.03 Å². The molecule has 0 spiro atoms. The van der Waals surface area contributed by atoms with Crippen LogP contribution >= 0.6 is 0 Å². The highest BCUT2D eigenvalue weighted by Crippen LogP contribution is 2.23. The Labute approximate surface area is 142 Å². The third-order valence-electron chi connectivity index (χ3n) is 4.01. The molecule has 2 aromatic carbocycles. The van der Waals surface area contributed by atoms with Gasteiger partial charge in [-0.1, -0.05) is 48.2 Å². The summed E-state index contributed by atoms with van der Waals surface area (Å²) in [4.78, 5) is 12.1. The lowest BCUT2D eigenvalue weighted by molar-refractivity contribution is 0.254. The number of allylic oxidation sites excluding steroid dienone is 2. The zero-order chi connectivity index (χ0) is 16.8. The molecule has 3 nitrogen and oxygen atoms in total. The van der Waals surface area contributed by atoms with E-state index in [0.717, 1.165) is 41.8 Å². The summed E-state index contributed by atoms with van der Waals surface area (Å²) >= 11 is 0. The van der Waals surface area contributed by atoms with Gasteiger partial charge in [-0.15, -0.1) is 0 Å². The van der Waals surface area contributed by atoms with Crippen molar-refractivity contribution in [2.75, 3.05) is 5.32 Å². The van der Waals surface area contributed by atoms with Crippen molar-refractivity contribution in [3.05, 3.63) is 77.0 Å². The summed E-state index contributed by atoms with van der Waals surface area (Å²) in [7, 11) is 0. The minimum absolute atomic E-state index is 0.215. The van der Waals surface area contributed by atoms with E-state index in [-0.39, 0.29) is 6.03 Å². The lowest BCUT2D eigenvalue weighted by Gasteiger charge is -2.08. The molecule has 2 amide bonds. The lowest BCUT2D eigenvalue weighted by Crippen LogP contribution is -2.28. The summed E-state index contributed by atoms with van der Waals surface area (Å²) < 4.78 is 0. The van der Waals surface area contributed by atoms with E-state index in [9.17, 15) is 4.79 Å². The molecule has 0 aliphatic heterocycles. The number of para-hydroxylation sites is 1. The Morgan fingerprint density at radius 2 is 1.67 bits per heavy atom. The predicted octanol–water partition coefficient (Wildman–Crippen LogP) is 4.61. The SMILES string of the molecule is Cc1ccccc1C#CC1=C(NC(=O)Nc2ccccc2)CCC1. The molecule has 24 heavy (non-hydrogen) atoms. The van der Waals surface area contributed by atoms with Crippen molar-refractivity contribution in [2.45, 2.75) is 26.2 Å². The predicted molar refractivity (Wildman–Crippen MR) is 97.5 cm³/mol. The van der Waals surface area contributed by atoms with Gasteiger partial charge in [0.05, 0.1) is 0 Å². The van der Waals surface area contributed by atoms with Gasteiger partial charge in [-0.2, -0.15) is 0 Å². The van der Waals surface area contributed by atoms with Crippen molar-refractivity contribution in [2.24, 2.45) is 0 Å². The molecule has 2 N–H and O–H groups in total. The van der Waals surface area contributed by atoms with Crippen molar-refractivity contribution < 1.29 is 4.79 Å². The Bertz CT molecular complexity index is 826. The van der Waals surface area contributed by atoms with Crippen LogP contribution in [0.1, 0.15) is 30.4 Å². The van der Waals surface area contributed by atoms with Gasteiger partial charge in [0.1, 0.15) is 0 Å². The highest BCUT2D eigenvalue weighted by Gasteiger charge is 2.15. The summed E-state index contributed by atoms with van der Waals surface area (Å²) in [6.07, 6.45) is 2.80. The first kappa shape index (κ1) is 15.9. The number of anilines is 1. The van der Waals surface area contributed by atoms with Gasteiger partial charge in [0.25, 0.3) is 0 Å². The maximum absolute atomic E-state index is 12.1. The third-order valence-corrected chi connectivity index (χ3v) is 4.01. The molecule has 0 radical (unpaired) electrons. The molecule has 0 saturated heterocycles. The molecule has 0 fully saturated rings. The molecule has 1 aliphatic rings. The Morgan fingerprint density at radius 3 is 2.46 bits per heavy atom. The maximum atomic E-state index is 12.1. The van der Waals surface area contributed by atoms with Crippen LogP contribution in [0, 0.1) is 18.8 Å². The molecule has 0 unspecified atom stereocenters. The van der Waals surface area contributed by atoms with Gasteiger partial charge < -0.3 is 10.6 Å². The number of aryl methyl sites for hydroxylation is 1. The number of hydrogen-bond donors (Lipinski definition) is 2. The van der Waals surface area contributed by atoms with Crippen molar-refractivity contribution in [3.63, 3.8) is 0 Å². The molecule has 0 heterocycles. The molecular formula is C21H20N2O. The Balaban J connectivity index is 1.71. The maximum Gasteiger partial charge on any atom is 0.323 e. The summed E-state index contributed by atoms with van der Waals surface area (Å²) in [5.74, 6) is 6.47. The molecule has 0 aromatic heterocycles. The number of carbonyl (C=O) groups is 1. The Morgan fingerprint density at radius 1 is 0.917 bits per heavy atom. The van der Waals surface area contributed by atoms with Gasteiger partial charge in [-0.3, -0.25) is 0 Å². The van der Waals surface area contributed by atoms with Crippen molar-refractivity contribution >= 4 is 11.7 Å². The average molecular weight is 316 g/mol. The molecule has 2 aromatic rings. The first-order valence-corrected chi connectivity index (χ1v) is 8.15. The van der Waals surface area contributed by atoms with Crippen LogP contribution in [0.2, 0.25) is 0 Å². The number of urea groups is 1. The van der Waals surface area contributed by atoms with Crippen LogP contribution in [0.5, 0.6) is 0 Å². The van der Waals surface area contributed by atoms with Gasteiger partial charge in [0, 0.05) is 22.5 Å². The summed E-state index contributed by atoms with van der Waals surface area (Å²) in [6.45, 7) is 2.06. The lowest BCUT2D eigenvalue weighted by atomic mass is 10.1. The Kier molecular flexibility index (Phi) is 4.98. The molecule has 3 rings (SSSR count). The molecule has 120 valence electrons. The number of rotatable bonds is 2. The number of nitrogens with one attached hydrogen (secondary N) is 2. The Hall–Kier alpha value is -2.99. The van der Waals surface area contributed by atoms with Crippen LogP contribution in [0.3, 0.4) is 0 Å². The topological polar surface area (TPSA) is 41.1 Å². The number of carbonyl (C=O) groups excluding carboxylic acids is 1. The van der Waals surface area contributed by atoms with Gasteiger partial charge in [0.2, 0.25) is 0 Å². The first-order chi connectivity index (χ1) is 11.7. The van der Waals surface area contributed by atoms with Crippen molar-refractivity contribution in [1.82, 2.24) is 5.32 Å². The van der Waals surface area contributed by atoms with E-state index in [1.54, 1.807) is 0 Å². The van der Waals surface area contributed by atoms with E-state index in [0.29, 0.717) is 0 Å². The van der Waals surface area contributed by atoms with Crippen LogP contribution in [0.15, 0.2) is 65.9 Å². The van der Waals surface area contributed by atoms with Crippen molar-refractivity contribution in [1.29, 1.82) is 0 Å². The zero-order valence-corrected chi connectivity index (χ0v) is 13.7. The standard InChI is InChI=1S/C21H20N2O/c1-16-8-5-6-9-17(16)14-15-18-10-7-13-20(18)23-21(24)22-19-11-3-2-4-12-19/h2-6,8-9,11-12H,7,10,13H2,1H3,(H2,22,23,24). The smallest absolute Gasteiger partial charge is 0.311 e. The van der Waals surface area contributed by atoms with Gasteiger partial charge in [-0.25, -0.2) is 4.79 Å². The third kappa shape index (κ3) is 4.05. The fourth-order valence-electron chi connectivity index (χ4n) is 2.70. The molecule has 0 atom stereocenters. The minimum Gasteiger partial charge on any atom is -0.311 e. The summed E-state index contributed by atoms with van der Waals surface area (Å²) in [5, 5.41) is 5.80. The van der Waals surface area contributed by atoms with E-state index in [1.807, 2.05) is 48.5 Å². The normalized spacial score (nSPS) is 13.2. The fourth-order valence-corrected chi connectivity index (χ4v) is 2.70. The molecule has 0 bridgehead atoms. The quantitative estimate of drug-likeness (QED) is 0.781. The second-order valence-electron chi connectivity index (χ2n) is 5.82. The summed E-state index contributed by atoms with van der Waals surface area (Å²) in [6, 6.07) is 17.3. The van der Waals surface area contributed by atoms with Crippen LogP contribution < -0.4 is 10.6 Å². The zero-order valence-electron chi connectivity index (χ0n) is 13.7. The van der Waals surface area contributed by atoms with Gasteiger partial charge in [-0.05, 0) is 49.9 Å². The number of benzene rings is 2. The van der Waals surface area contributed by atoms with E-state index >= 15 is 0 Å².